The zero-order chi connectivity index (χ0) is 14.1. The molecule has 0 atom stereocenters. The van der Waals surface area contributed by atoms with Gasteiger partial charge >= 0.3 is 0 Å². The first-order valence-electron chi connectivity index (χ1n) is 6.78. The van der Waals surface area contributed by atoms with Crippen molar-refractivity contribution in [3.8, 4) is 0 Å². The molecule has 3 heteroatoms. The molecule has 0 aromatic heterocycles. The highest BCUT2D eigenvalue weighted by atomic mass is 16.2. The monoisotopic (exact) mass is 266 g/mol. The summed E-state index contributed by atoms with van der Waals surface area (Å²) in [5, 5.41) is 2.50. The third kappa shape index (κ3) is 2.32. The minimum atomic E-state index is 0.112. The fourth-order valence-corrected chi connectivity index (χ4v) is 2.68. The maximum absolute atomic E-state index is 11.9. The number of likely N-dealkylation sites (N-methyl/N-ethyl adjacent to an activating group) is 1. The van der Waals surface area contributed by atoms with Crippen LogP contribution in [0.1, 0.15) is 5.56 Å². The average molecular weight is 266 g/mol. The van der Waals surface area contributed by atoms with E-state index >= 15 is 0 Å². The molecule has 3 nitrogen and oxygen atoms in total. The summed E-state index contributed by atoms with van der Waals surface area (Å²) in [5.41, 5.74) is 2.12. The minimum absolute atomic E-state index is 0.112. The van der Waals surface area contributed by atoms with Crippen molar-refractivity contribution >= 4 is 16.7 Å². The van der Waals surface area contributed by atoms with Gasteiger partial charge in [-0.15, -0.1) is 0 Å². The summed E-state index contributed by atoms with van der Waals surface area (Å²) in [6.07, 6.45) is 0. The van der Waals surface area contributed by atoms with Crippen molar-refractivity contribution in [3.05, 3.63) is 60.3 Å². The molecule has 0 radical (unpaired) electrons. The van der Waals surface area contributed by atoms with Crippen LogP contribution in [-0.2, 0) is 11.3 Å². The molecule has 0 saturated carbocycles. The molecule has 2 aromatic rings. The molecule has 102 valence electrons. The van der Waals surface area contributed by atoms with Gasteiger partial charge in [-0.25, -0.2) is 0 Å². The van der Waals surface area contributed by atoms with Crippen LogP contribution in [0.3, 0.4) is 0 Å². The van der Waals surface area contributed by atoms with Gasteiger partial charge in [-0.1, -0.05) is 49.0 Å². The summed E-state index contributed by atoms with van der Waals surface area (Å²) in [5.74, 6) is 0.112. The van der Waals surface area contributed by atoms with Crippen molar-refractivity contribution in [2.75, 3.05) is 20.1 Å². The number of carbonyl (C=O) groups excluding carboxylic acids is 1. The van der Waals surface area contributed by atoms with Gasteiger partial charge in [0.05, 0.1) is 6.54 Å². The van der Waals surface area contributed by atoms with Crippen LogP contribution in [-0.4, -0.2) is 35.8 Å². The minimum Gasteiger partial charge on any atom is -0.317 e. The number of hydrogen-bond acceptors (Lipinski definition) is 2. The first kappa shape index (κ1) is 12.9. The number of rotatable bonds is 2. The molecule has 1 aliphatic rings. The van der Waals surface area contributed by atoms with Gasteiger partial charge in [0.2, 0.25) is 5.91 Å². The number of piperazine rings is 1. The van der Waals surface area contributed by atoms with Gasteiger partial charge in [0.25, 0.3) is 0 Å². The predicted octanol–water partition coefficient (Wildman–Crippen LogP) is 2.63. The maximum Gasteiger partial charge on any atom is 0.240 e. The normalized spacial score (nSPS) is 16.9. The second-order valence-electron chi connectivity index (χ2n) is 5.30. The van der Waals surface area contributed by atoms with Crippen LogP contribution in [0.2, 0.25) is 0 Å². The maximum atomic E-state index is 11.9. The van der Waals surface area contributed by atoms with Gasteiger partial charge in [0.15, 0.2) is 0 Å². The van der Waals surface area contributed by atoms with Crippen LogP contribution < -0.4 is 0 Å². The summed E-state index contributed by atoms with van der Waals surface area (Å²) >= 11 is 0. The molecule has 2 aromatic carbocycles. The van der Waals surface area contributed by atoms with Gasteiger partial charge in [-0.3, -0.25) is 9.69 Å². The van der Waals surface area contributed by atoms with E-state index in [0.29, 0.717) is 6.54 Å². The third-order valence-electron chi connectivity index (χ3n) is 3.89. The number of nitrogens with zero attached hydrogens (tertiary/aromatic N) is 2. The highest BCUT2D eigenvalue weighted by Gasteiger charge is 2.24. The Hall–Kier alpha value is -2.13. The molecule has 20 heavy (non-hydrogen) atoms. The fourth-order valence-electron chi connectivity index (χ4n) is 2.68. The predicted molar refractivity (Wildman–Crippen MR) is 81.1 cm³/mol. The second-order valence-corrected chi connectivity index (χ2v) is 5.30. The fraction of sp³-hybridized carbons (Fsp3) is 0.235. The Kier molecular flexibility index (Phi) is 3.28. The molecule has 0 bridgehead atoms. The van der Waals surface area contributed by atoms with Crippen LogP contribution in [0.25, 0.3) is 10.8 Å². The van der Waals surface area contributed by atoms with Crippen molar-refractivity contribution < 1.29 is 4.79 Å². The van der Waals surface area contributed by atoms with Crippen LogP contribution in [0.5, 0.6) is 0 Å². The summed E-state index contributed by atoms with van der Waals surface area (Å²) < 4.78 is 0. The molecule has 0 N–H and O–H groups in total. The highest BCUT2D eigenvalue weighted by molar-refractivity contribution is 5.86. The lowest BCUT2D eigenvalue weighted by Crippen LogP contribution is -2.46. The topological polar surface area (TPSA) is 23.6 Å². The number of benzene rings is 2. The summed E-state index contributed by atoms with van der Waals surface area (Å²) in [6, 6.07) is 14.7. The summed E-state index contributed by atoms with van der Waals surface area (Å²) in [4.78, 5) is 15.7. The summed E-state index contributed by atoms with van der Waals surface area (Å²) in [6.45, 7) is 5.94. The summed E-state index contributed by atoms with van der Waals surface area (Å²) in [7, 11) is 1.79. The molecule has 3 rings (SSSR count). The Bertz CT molecular complexity index is 654. The van der Waals surface area contributed by atoms with Crippen molar-refractivity contribution in [1.82, 2.24) is 9.80 Å². The van der Waals surface area contributed by atoms with E-state index in [-0.39, 0.29) is 5.91 Å². The Morgan fingerprint density at radius 2 is 1.85 bits per heavy atom. The van der Waals surface area contributed by atoms with Gasteiger partial charge in [0, 0.05) is 25.8 Å². The Morgan fingerprint density at radius 3 is 2.65 bits per heavy atom. The van der Waals surface area contributed by atoms with E-state index in [9.17, 15) is 4.79 Å². The molecule has 1 saturated heterocycles. The average Bonchev–Trinajstić information content (AvgIpc) is 2.45. The lowest BCUT2D eigenvalue weighted by Gasteiger charge is -2.33. The van der Waals surface area contributed by atoms with Gasteiger partial charge in [-0.05, 0) is 16.3 Å². The lowest BCUT2D eigenvalue weighted by atomic mass is 10.0. The Morgan fingerprint density at radius 1 is 1.10 bits per heavy atom. The smallest absolute Gasteiger partial charge is 0.240 e. The number of hydrogen-bond donors (Lipinski definition) is 0. The molecular weight excluding hydrogens is 248 g/mol. The second kappa shape index (κ2) is 5.10. The van der Waals surface area contributed by atoms with Crippen molar-refractivity contribution in [2.45, 2.75) is 6.54 Å². The molecule has 0 aliphatic carbocycles. The van der Waals surface area contributed by atoms with Gasteiger partial charge < -0.3 is 4.90 Å². The standard InChI is InChI=1S/C17H18N2O/c1-13-10-19(12-17(20)18(13)2)11-15-8-5-7-14-6-3-4-9-16(14)15/h3-9H,1,10-12H2,2H3. The lowest BCUT2D eigenvalue weighted by molar-refractivity contribution is -0.131. The van der Waals surface area contributed by atoms with Crippen molar-refractivity contribution in [2.24, 2.45) is 0 Å². The highest BCUT2D eigenvalue weighted by Crippen LogP contribution is 2.21. The van der Waals surface area contributed by atoms with E-state index < -0.39 is 0 Å². The van der Waals surface area contributed by atoms with E-state index in [1.807, 2.05) is 6.07 Å². The Labute approximate surface area is 119 Å². The third-order valence-corrected chi connectivity index (χ3v) is 3.89. The van der Waals surface area contributed by atoms with E-state index in [1.165, 1.54) is 16.3 Å². The Balaban J connectivity index is 1.87. The number of amides is 1. The van der Waals surface area contributed by atoms with Crippen LogP contribution in [0, 0.1) is 0 Å². The molecule has 1 aliphatic heterocycles. The van der Waals surface area contributed by atoms with Crippen molar-refractivity contribution in [1.29, 1.82) is 0 Å². The largest absolute Gasteiger partial charge is 0.317 e. The van der Waals surface area contributed by atoms with E-state index in [0.717, 1.165) is 18.8 Å². The molecule has 1 heterocycles. The number of carbonyl (C=O) groups is 1. The van der Waals surface area contributed by atoms with Crippen molar-refractivity contribution in [3.63, 3.8) is 0 Å². The molecular formula is C17H18N2O. The molecule has 1 amide bonds. The molecule has 0 unspecified atom stereocenters. The van der Waals surface area contributed by atoms with E-state index in [1.54, 1.807) is 11.9 Å². The van der Waals surface area contributed by atoms with Crippen LogP contribution >= 0.6 is 0 Å². The van der Waals surface area contributed by atoms with Gasteiger partial charge in [0.1, 0.15) is 0 Å². The van der Waals surface area contributed by atoms with Gasteiger partial charge in [-0.2, -0.15) is 0 Å². The zero-order valence-electron chi connectivity index (χ0n) is 11.7. The quantitative estimate of drug-likeness (QED) is 0.834. The first-order chi connectivity index (χ1) is 9.65. The first-order valence-corrected chi connectivity index (χ1v) is 6.78. The molecule has 1 fully saturated rings. The van der Waals surface area contributed by atoms with E-state index in [2.05, 4.69) is 47.9 Å². The SMILES string of the molecule is C=C1CN(Cc2cccc3ccccc23)CC(=O)N1C. The van der Waals surface area contributed by atoms with E-state index in [4.69, 9.17) is 0 Å². The molecule has 0 spiro atoms. The van der Waals surface area contributed by atoms with Crippen LogP contribution in [0.4, 0.5) is 0 Å². The number of fused-ring (bicyclic) bond motifs is 1. The van der Waals surface area contributed by atoms with Crippen LogP contribution in [0.15, 0.2) is 54.7 Å². The zero-order valence-corrected chi connectivity index (χ0v) is 11.7.